The van der Waals surface area contributed by atoms with Crippen LogP contribution in [0.5, 0.6) is 0 Å². The van der Waals surface area contributed by atoms with E-state index in [0.717, 1.165) is 27.5 Å². The van der Waals surface area contributed by atoms with Crippen LogP contribution in [0.4, 0.5) is 4.39 Å². The van der Waals surface area contributed by atoms with Crippen molar-refractivity contribution in [3.8, 4) is 0 Å². The van der Waals surface area contributed by atoms with Gasteiger partial charge in [-0.15, -0.1) is 0 Å². The first kappa shape index (κ1) is 11.7. The minimum absolute atomic E-state index is 0.0661. The van der Waals surface area contributed by atoms with E-state index in [9.17, 15) is 4.39 Å². The van der Waals surface area contributed by atoms with Crippen molar-refractivity contribution >= 4 is 22.6 Å². The van der Waals surface area contributed by atoms with Gasteiger partial charge in [-0.25, -0.2) is 4.39 Å². The first-order valence-electron chi connectivity index (χ1n) is 4.71. The Hall–Kier alpha value is -0.380. The molecular formula is C12H14FI. The zero-order valence-electron chi connectivity index (χ0n) is 8.48. The van der Waals surface area contributed by atoms with Crippen LogP contribution < -0.4 is 0 Å². The summed E-state index contributed by atoms with van der Waals surface area (Å²) >= 11 is 2.08. The molecule has 1 aromatic carbocycles. The summed E-state index contributed by atoms with van der Waals surface area (Å²) in [5.74, 6) is -0.0661. The minimum atomic E-state index is -0.0661. The fraction of sp³-hybridized carbons (Fsp3) is 0.333. The summed E-state index contributed by atoms with van der Waals surface area (Å²) in [6, 6.07) is 3.87. The third-order valence-electron chi connectivity index (χ3n) is 2.17. The largest absolute Gasteiger partial charge is 0.206 e. The molecule has 0 aromatic heterocycles. The Kier molecular flexibility index (Phi) is 4.58. The lowest BCUT2D eigenvalue weighted by Crippen LogP contribution is -1.95. The van der Waals surface area contributed by atoms with Crippen LogP contribution >= 0.6 is 22.6 Å². The van der Waals surface area contributed by atoms with Crippen LogP contribution in [0.25, 0.3) is 0 Å². The van der Waals surface area contributed by atoms with Crippen LogP contribution in [-0.2, 0) is 6.42 Å². The van der Waals surface area contributed by atoms with Crippen molar-refractivity contribution < 1.29 is 4.39 Å². The Morgan fingerprint density at radius 1 is 1.43 bits per heavy atom. The quantitative estimate of drug-likeness (QED) is 0.578. The Bertz CT molecular complexity index is 342. The maximum atomic E-state index is 13.5. The fourth-order valence-corrected chi connectivity index (χ4v) is 2.16. The zero-order valence-corrected chi connectivity index (χ0v) is 10.6. The summed E-state index contributed by atoms with van der Waals surface area (Å²) in [5, 5.41) is 0. The van der Waals surface area contributed by atoms with Gasteiger partial charge in [0.05, 0.1) is 3.57 Å². The summed E-state index contributed by atoms with van der Waals surface area (Å²) in [6.07, 6.45) is 6.03. The topological polar surface area (TPSA) is 0 Å². The second-order valence-electron chi connectivity index (χ2n) is 3.28. The number of aryl methyl sites for hydroxylation is 2. The lowest BCUT2D eigenvalue weighted by atomic mass is 10.1. The second-order valence-corrected chi connectivity index (χ2v) is 4.36. The van der Waals surface area contributed by atoms with Crippen molar-refractivity contribution in [3.63, 3.8) is 0 Å². The molecule has 0 unspecified atom stereocenters. The van der Waals surface area contributed by atoms with Crippen LogP contribution in [0.15, 0.2) is 24.3 Å². The highest BCUT2D eigenvalue weighted by atomic mass is 127. The van der Waals surface area contributed by atoms with Crippen molar-refractivity contribution in [1.82, 2.24) is 0 Å². The van der Waals surface area contributed by atoms with E-state index in [0.29, 0.717) is 0 Å². The molecule has 2 heteroatoms. The number of hydrogen-bond donors (Lipinski definition) is 0. The highest BCUT2D eigenvalue weighted by Crippen LogP contribution is 2.20. The third-order valence-corrected chi connectivity index (χ3v) is 3.34. The summed E-state index contributed by atoms with van der Waals surface area (Å²) < 4.78 is 14.2. The molecule has 0 bridgehead atoms. The van der Waals surface area contributed by atoms with Gasteiger partial charge in [0.15, 0.2) is 0 Å². The van der Waals surface area contributed by atoms with Gasteiger partial charge in [0.1, 0.15) is 5.82 Å². The molecule has 0 saturated heterocycles. The maximum absolute atomic E-state index is 13.5. The summed E-state index contributed by atoms with van der Waals surface area (Å²) in [7, 11) is 0. The Balaban J connectivity index is 2.83. The van der Waals surface area contributed by atoms with Crippen molar-refractivity contribution in [3.05, 3.63) is 44.8 Å². The molecule has 0 saturated carbocycles. The van der Waals surface area contributed by atoms with Gasteiger partial charge < -0.3 is 0 Å². The number of benzene rings is 1. The molecule has 0 spiro atoms. The van der Waals surface area contributed by atoms with E-state index in [4.69, 9.17) is 0 Å². The molecule has 1 aromatic rings. The smallest absolute Gasteiger partial charge is 0.139 e. The number of rotatable bonds is 3. The highest BCUT2D eigenvalue weighted by Gasteiger charge is 2.07. The number of hydrogen-bond acceptors (Lipinski definition) is 0. The molecule has 0 aliphatic rings. The monoisotopic (exact) mass is 304 g/mol. The van der Waals surface area contributed by atoms with Crippen LogP contribution in [0.2, 0.25) is 0 Å². The van der Waals surface area contributed by atoms with Gasteiger partial charge in [-0.3, -0.25) is 0 Å². The Morgan fingerprint density at radius 3 is 2.79 bits per heavy atom. The van der Waals surface area contributed by atoms with E-state index in [1.54, 1.807) is 6.92 Å². The van der Waals surface area contributed by atoms with Crippen LogP contribution in [0.1, 0.15) is 24.5 Å². The van der Waals surface area contributed by atoms with Crippen LogP contribution in [0, 0.1) is 16.3 Å². The highest BCUT2D eigenvalue weighted by molar-refractivity contribution is 14.1. The molecule has 0 atom stereocenters. The normalized spacial score (nSPS) is 11.1. The van der Waals surface area contributed by atoms with Crippen molar-refractivity contribution in [2.45, 2.75) is 26.7 Å². The third kappa shape index (κ3) is 2.80. The molecule has 0 radical (unpaired) electrons. The van der Waals surface area contributed by atoms with Crippen LogP contribution in [0.3, 0.4) is 0 Å². The average molecular weight is 304 g/mol. The number of halogens is 2. The molecule has 0 amide bonds. The fourth-order valence-electron chi connectivity index (χ4n) is 1.28. The van der Waals surface area contributed by atoms with Crippen molar-refractivity contribution in [1.29, 1.82) is 0 Å². The zero-order chi connectivity index (χ0) is 10.6. The molecule has 0 fully saturated rings. The van der Waals surface area contributed by atoms with E-state index < -0.39 is 0 Å². The first-order valence-corrected chi connectivity index (χ1v) is 5.79. The molecular weight excluding hydrogens is 290 g/mol. The molecule has 0 aliphatic heterocycles. The summed E-state index contributed by atoms with van der Waals surface area (Å²) in [4.78, 5) is 0. The minimum Gasteiger partial charge on any atom is -0.206 e. The molecule has 1 rings (SSSR count). The molecule has 76 valence electrons. The summed E-state index contributed by atoms with van der Waals surface area (Å²) in [6.45, 7) is 3.80. The van der Waals surface area contributed by atoms with Gasteiger partial charge in [0.25, 0.3) is 0 Å². The van der Waals surface area contributed by atoms with E-state index in [1.807, 2.05) is 25.1 Å². The van der Waals surface area contributed by atoms with E-state index in [2.05, 4.69) is 28.7 Å². The molecule has 0 heterocycles. The van der Waals surface area contributed by atoms with Crippen molar-refractivity contribution in [2.24, 2.45) is 0 Å². The van der Waals surface area contributed by atoms with Gasteiger partial charge in [0.2, 0.25) is 0 Å². The second kappa shape index (κ2) is 5.49. The Labute approximate surface area is 98.4 Å². The SMILES string of the molecule is C/C=C/CCc1ccc(C)c(F)c1I. The van der Waals surface area contributed by atoms with E-state index in [-0.39, 0.29) is 5.82 Å². The average Bonchev–Trinajstić information content (AvgIpc) is 2.18. The first-order chi connectivity index (χ1) is 6.66. The van der Waals surface area contributed by atoms with Crippen LogP contribution in [-0.4, -0.2) is 0 Å². The molecule has 0 N–H and O–H groups in total. The lowest BCUT2D eigenvalue weighted by Gasteiger charge is -2.05. The molecule has 0 aliphatic carbocycles. The molecule has 0 nitrogen and oxygen atoms in total. The number of allylic oxidation sites excluding steroid dienone is 2. The summed E-state index contributed by atoms with van der Waals surface area (Å²) in [5.41, 5.74) is 1.83. The van der Waals surface area contributed by atoms with Crippen molar-refractivity contribution in [2.75, 3.05) is 0 Å². The molecule has 14 heavy (non-hydrogen) atoms. The maximum Gasteiger partial charge on any atom is 0.139 e. The van der Waals surface area contributed by atoms with E-state index >= 15 is 0 Å². The van der Waals surface area contributed by atoms with Gasteiger partial charge in [-0.1, -0.05) is 24.3 Å². The Morgan fingerprint density at radius 2 is 2.14 bits per heavy atom. The predicted octanol–water partition coefficient (Wildman–Crippen LogP) is 4.25. The predicted molar refractivity (Wildman–Crippen MR) is 67.0 cm³/mol. The van der Waals surface area contributed by atoms with Gasteiger partial charge in [-0.2, -0.15) is 0 Å². The lowest BCUT2D eigenvalue weighted by molar-refractivity contribution is 0.608. The standard InChI is InChI=1S/C12H14FI/c1-3-4-5-6-10-8-7-9(2)11(13)12(10)14/h3-4,7-8H,5-6H2,1-2H3/b4-3+. The van der Waals surface area contributed by atoms with Gasteiger partial charge >= 0.3 is 0 Å². The van der Waals surface area contributed by atoms with Gasteiger partial charge in [-0.05, 0) is 60.4 Å². The van der Waals surface area contributed by atoms with Gasteiger partial charge in [0, 0.05) is 0 Å². The van der Waals surface area contributed by atoms with E-state index in [1.165, 1.54) is 0 Å².